The molecule has 0 radical (unpaired) electrons. The quantitative estimate of drug-likeness (QED) is 0.459. The summed E-state index contributed by atoms with van der Waals surface area (Å²) in [5.41, 5.74) is 1.21. The second-order valence-electron chi connectivity index (χ2n) is 5.70. The van der Waals surface area contributed by atoms with E-state index >= 15 is 0 Å². The lowest BCUT2D eigenvalue weighted by atomic mass is 10.0. The fourth-order valence-electron chi connectivity index (χ4n) is 2.57. The van der Waals surface area contributed by atoms with Gasteiger partial charge >= 0.3 is 0 Å². The highest BCUT2D eigenvalue weighted by molar-refractivity contribution is 7.10. The molecule has 116 valence electrons. The van der Waals surface area contributed by atoms with Crippen LogP contribution >= 0.6 is 22.9 Å². The van der Waals surface area contributed by atoms with E-state index in [9.17, 15) is 0 Å². The van der Waals surface area contributed by atoms with Crippen LogP contribution in [-0.4, -0.2) is 7.05 Å². The maximum Gasteiger partial charge on any atom is 0.0590 e. The second kappa shape index (κ2) is 10.6. The number of nitrogens with one attached hydrogen (secondary N) is 1. The second-order valence-corrected chi connectivity index (χ2v) is 6.99. The molecule has 0 fully saturated rings. The molecule has 0 aliphatic rings. The zero-order valence-electron chi connectivity index (χ0n) is 13.3. The Kier molecular flexibility index (Phi) is 9.58. The van der Waals surface area contributed by atoms with E-state index in [1.807, 2.05) is 7.05 Å². The van der Waals surface area contributed by atoms with Gasteiger partial charge < -0.3 is 5.32 Å². The Labute approximate surface area is 134 Å². The van der Waals surface area contributed by atoms with Crippen molar-refractivity contribution in [1.29, 1.82) is 0 Å². The third-order valence-corrected chi connectivity index (χ3v) is 5.76. The summed E-state index contributed by atoms with van der Waals surface area (Å²) in [7, 11) is 2.04. The van der Waals surface area contributed by atoms with Crippen molar-refractivity contribution in [2.45, 2.75) is 77.7 Å². The molecule has 1 N–H and O–H groups in total. The van der Waals surface area contributed by atoms with E-state index in [1.54, 1.807) is 11.3 Å². The van der Waals surface area contributed by atoms with Gasteiger partial charge in [0, 0.05) is 10.9 Å². The average molecular weight is 316 g/mol. The molecule has 0 amide bonds. The highest BCUT2D eigenvalue weighted by Crippen LogP contribution is 2.34. The van der Waals surface area contributed by atoms with Gasteiger partial charge in [-0.15, -0.1) is 11.3 Å². The third kappa shape index (κ3) is 6.15. The number of unbranched alkanes of at least 4 members (excludes halogenated alkanes) is 7. The number of hydrogen-bond acceptors (Lipinski definition) is 2. The van der Waals surface area contributed by atoms with Crippen LogP contribution in [0.1, 0.15) is 81.2 Å². The van der Waals surface area contributed by atoms with Gasteiger partial charge in [0.2, 0.25) is 0 Å². The summed E-state index contributed by atoms with van der Waals surface area (Å²) in [6.07, 6.45) is 12.2. The number of aryl methyl sites for hydroxylation is 1. The van der Waals surface area contributed by atoms with Crippen LogP contribution in [0.25, 0.3) is 0 Å². The van der Waals surface area contributed by atoms with Crippen molar-refractivity contribution in [3.05, 3.63) is 20.8 Å². The predicted octanol–water partition coefficient (Wildman–Crippen LogP) is 6.50. The summed E-state index contributed by atoms with van der Waals surface area (Å²) in [5.74, 6) is 0. The normalized spacial score (nSPS) is 12.8. The number of halogens is 1. The zero-order chi connectivity index (χ0) is 14.8. The molecule has 1 heterocycles. The third-order valence-electron chi connectivity index (χ3n) is 3.94. The molecule has 1 aromatic heterocycles. The van der Waals surface area contributed by atoms with Gasteiger partial charge in [-0.3, -0.25) is 0 Å². The van der Waals surface area contributed by atoms with Gasteiger partial charge in [-0.1, -0.05) is 69.9 Å². The molecule has 0 aromatic carbocycles. The highest BCUT2D eigenvalue weighted by atomic mass is 35.5. The Hall–Kier alpha value is -0.0500. The van der Waals surface area contributed by atoms with Crippen LogP contribution in [0.5, 0.6) is 0 Å². The molecule has 3 heteroatoms. The Bertz CT molecular complexity index is 362. The van der Waals surface area contributed by atoms with Crippen LogP contribution in [0.4, 0.5) is 0 Å². The Morgan fingerprint density at radius 3 is 2.20 bits per heavy atom. The molecule has 1 rings (SSSR count). The fourth-order valence-corrected chi connectivity index (χ4v) is 4.04. The molecular weight excluding hydrogens is 286 g/mol. The summed E-state index contributed by atoms with van der Waals surface area (Å²) in [6.45, 7) is 4.36. The largest absolute Gasteiger partial charge is 0.312 e. The molecule has 20 heavy (non-hydrogen) atoms. The maximum absolute atomic E-state index is 6.36. The Balaban J connectivity index is 2.18. The van der Waals surface area contributed by atoms with Gasteiger partial charge in [0.15, 0.2) is 0 Å². The SMILES string of the molecule is CCCCCCCCCCC(NC)c1scc(C)c1Cl. The van der Waals surface area contributed by atoms with E-state index in [1.165, 1.54) is 68.2 Å². The topological polar surface area (TPSA) is 12.0 Å². The molecule has 0 spiro atoms. The first kappa shape index (κ1) is 18.0. The van der Waals surface area contributed by atoms with E-state index in [0.717, 1.165) is 5.02 Å². The zero-order valence-corrected chi connectivity index (χ0v) is 14.9. The summed E-state index contributed by atoms with van der Waals surface area (Å²) < 4.78 is 0. The van der Waals surface area contributed by atoms with Gasteiger partial charge in [0.05, 0.1) is 5.02 Å². The van der Waals surface area contributed by atoms with Crippen molar-refractivity contribution >= 4 is 22.9 Å². The molecule has 0 saturated heterocycles. The molecule has 1 unspecified atom stereocenters. The maximum atomic E-state index is 6.36. The van der Waals surface area contributed by atoms with Crippen molar-refractivity contribution in [2.75, 3.05) is 7.05 Å². The lowest BCUT2D eigenvalue weighted by Gasteiger charge is -2.15. The molecule has 1 aromatic rings. The van der Waals surface area contributed by atoms with E-state index in [4.69, 9.17) is 11.6 Å². The van der Waals surface area contributed by atoms with E-state index in [-0.39, 0.29) is 0 Å². The molecule has 0 aliphatic heterocycles. The van der Waals surface area contributed by atoms with E-state index in [0.29, 0.717) is 6.04 Å². The molecule has 0 bridgehead atoms. The van der Waals surface area contributed by atoms with Gasteiger partial charge in [-0.25, -0.2) is 0 Å². The average Bonchev–Trinajstić information content (AvgIpc) is 2.78. The van der Waals surface area contributed by atoms with Crippen LogP contribution in [0.3, 0.4) is 0 Å². The summed E-state index contributed by atoms with van der Waals surface area (Å²) in [6, 6.07) is 0.432. The van der Waals surface area contributed by atoms with Crippen molar-refractivity contribution in [3.8, 4) is 0 Å². The lowest BCUT2D eigenvalue weighted by molar-refractivity contribution is 0.499. The Morgan fingerprint density at radius 1 is 1.10 bits per heavy atom. The smallest absolute Gasteiger partial charge is 0.0590 e. The standard InChI is InChI=1S/C17H30ClNS/c1-4-5-6-7-8-9-10-11-12-15(19-3)17-16(18)14(2)13-20-17/h13,15,19H,4-12H2,1-3H3. The lowest BCUT2D eigenvalue weighted by Crippen LogP contribution is -2.15. The minimum absolute atomic E-state index is 0.432. The first-order valence-corrected chi connectivity index (χ1v) is 9.37. The van der Waals surface area contributed by atoms with E-state index in [2.05, 4.69) is 24.5 Å². The van der Waals surface area contributed by atoms with Crippen molar-refractivity contribution in [1.82, 2.24) is 5.32 Å². The molecule has 1 nitrogen and oxygen atoms in total. The van der Waals surface area contributed by atoms with Gasteiger partial charge in [-0.2, -0.15) is 0 Å². The minimum Gasteiger partial charge on any atom is -0.312 e. The van der Waals surface area contributed by atoms with Crippen molar-refractivity contribution in [2.24, 2.45) is 0 Å². The molecule has 0 aliphatic carbocycles. The Morgan fingerprint density at radius 2 is 1.70 bits per heavy atom. The predicted molar refractivity (Wildman–Crippen MR) is 93.1 cm³/mol. The summed E-state index contributed by atoms with van der Waals surface area (Å²) >= 11 is 8.16. The van der Waals surface area contributed by atoms with Crippen molar-refractivity contribution < 1.29 is 0 Å². The first-order valence-electron chi connectivity index (χ1n) is 8.11. The van der Waals surface area contributed by atoms with Gasteiger partial charge in [0.1, 0.15) is 0 Å². The van der Waals surface area contributed by atoms with Crippen LogP contribution in [0.15, 0.2) is 5.38 Å². The number of hydrogen-bond donors (Lipinski definition) is 1. The number of rotatable bonds is 11. The molecule has 1 atom stereocenters. The molecular formula is C17H30ClNS. The van der Waals surface area contributed by atoms with Crippen molar-refractivity contribution in [3.63, 3.8) is 0 Å². The molecule has 0 saturated carbocycles. The number of thiophene rings is 1. The van der Waals surface area contributed by atoms with E-state index < -0.39 is 0 Å². The highest BCUT2D eigenvalue weighted by Gasteiger charge is 2.15. The fraction of sp³-hybridized carbons (Fsp3) is 0.765. The van der Waals surface area contributed by atoms with Crippen LogP contribution < -0.4 is 5.32 Å². The van der Waals surface area contributed by atoms with Crippen LogP contribution in [-0.2, 0) is 0 Å². The van der Waals surface area contributed by atoms with Crippen LogP contribution in [0, 0.1) is 6.92 Å². The van der Waals surface area contributed by atoms with Crippen LogP contribution in [0.2, 0.25) is 5.02 Å². The summed E-state index contributed by atoms with van der Waals surface area (Å²) in [4.78, 5) is 1.31. The first-order chi connectivity index (χ1) is 9.70. The van der Waals surface area contributed by atoms with Gasteiger partial charge in [-0.05, 0) is 31.3 Å². The monoisotopic (exact) mass is 315 g/mol. The summed E-state index contributed by atoms with van der Waals surface area (Å²) in [5, 5.41) is 6.55. The minimum atomic E-state index is 0.432. The van der Waals surface area contributed by atoms with Gasteiger partial charge in [0.25, 0.3) is 0 Å².